The van der Waals surface area contributed by atoms with Gasteiger partial charge in [0, 0.05) is 13.6 Å². The summed E-state index contributed by atoms with van der Waals surface area (Å²) in [6.45, 7) is 0. The Balaban J connectivity index is 3.23. The third-order valence-electron chi connectivity index (χ3n) is 1.15. The highest BCUT2D eigenvalue weighted by atomic mass is 127. The minimum atomic E-state index is -1.14. The molecule has 58 valence electrons. The number of rotatable bonds is 1. The Morgan fingerprint density at radius 2 is 2.18 bits per heavy atom. The molecule has 0 aliphatic rings. The molecule has 0 saturated carbocycles. The van der Waals surface area contributed by atoms with Gasteiger partial charge in [-0.25, -0.2) is 0 Å². The van der Waals surface area contributed by atoms with E-state index in [0.29, 0.717) is 3.57 Å². The molecule has 0 amide bonds. The number of aromatic carboxylic acids is 1. The van der Waals surface area contributed by atoms with E-state index in [4.69, 9.17) is 0 Å². The van der Waals surface area contributed by atoms with Crippen LogP contribution in [0.5, 0.6) is 0 Å². The molecule has 0 heterocycles. The summed E-state index contributed by atoms with van der Waals surface area (Å²) in [4.78, 5) is 10.4. The van der Waals surface area contributed by atoms with Crippen LogP contribution in [-0.4, -0.2) is 5.97 Å². The molecule has 0 aliphatic carbocycles. The molecule has 0 radical (unpaired) electrons. The standard InChI is InChI=1S/C7H4BrIO2/c8-4-1-2-6(9)5(3-4)7(10)11/h1-3H,(H,10,11)/p-1. The van der Waals surface area contributed by atoms with Crippen LogP contribution in [0.1, 0.15) is 10.4 Å². The highest BCUT2D eigenvalue weighted by Gasteiger charge is 1.99. The largest absolute Gasteiger partial charge is 0.545 e. The Bertz CT molecular complexity index is 298. The second-order valence-electron chi connectivity index (χ2n) is 1.91. The summed E-state index contributed by atoms with van der Waals surface area (Å²) in [5.74, 6) is -1.14. The fraction of sp³-hybridized carbons (Fsp3) is 0. The second-order valence-corrected chi connectivity index (χ2v) is 3.99. The zero-order valence-electron chi connectivity index (χ0n) is 5.30. The highest BCUT2D eigenvalue weighted by Crippen LogP contribution is 2.17. The lowest BCUT2D eigenvalue weighted by molar-refractivity contribution is -0.255. The van der Waals surface area contributed by atoms with Crippen LogP contribution in [0.15, 0.2) is 22.7 Å². The van der Waals surface area contributed by atoms with Crippen molar-refractivity contribution in [1.29, 1.82) is 0 Å². The van der Waals surface area contributed by atoms with E-state index in [1.165, 1.54) is 6.07 Å². The fourth-order valence-corrected chi connectivity index (χ4v) is 1.57. The molecule has 11 heavy (non-hydrogen) atoms. The first kappa shape index (κ1) is 8.99. The number of carboxylic acids is 1. The average molecular weight is 326 g/mol. The summed E-state index contributed by atoms with van der Waals surface area (Å²) in [6.07, 6.45) is 0. The smallest absolute Gasteiger partial charge is 0.0726 e. The van der Waals surface area contributed by atoms with Gasteiger partial charge in [0.15, 0.2) is 0 Å². The lowest BCUT2D eigenvalue weighted by atomic mass is 10.2. The van der Waals surface area contributed by atoms with Crippen LogP contribution >= 0.6 is 38.5 Å². The van der Waals surface area contributed by atoms with Crippen LogP contribution in [0.3, 0.4) is 0 Å². The summed E-state index contributed by atoms with van der Waals surface area (Å²) >= 11 is 5.12. The summed E-state index contributed by atoms with van der Waals surface area (Å²) in [7, 11) is 0. The lowest BCUT2D eigenvalue weighted by Crippen LogP contribution is -2.23. The Hall–Kier alpha value is -0.100. The van der Waals surface area contributed by atoms with Crippen molar-refractivity contribution in [2.75, 3.05) is 0 Å². The van der Waals surface area contributed by atoms with Gasteiger partial charge < -0.3 is 9.90 Å². The Morgan fingerprint density at radius 3 is 2.64 bits per heavy atom. The van der Waals surface area contributed by atoms with E-state index in [2.05, 4.69) is 15.9 Å². The van der Waals surface area contributed by atoms with Gasteiger partial charge in [0.2, 0.25) is 0 Å². The summed E-state index contributed by atoms with van der Waals surface area (Å²) < 4.78 is 1.43. The van der Waals surface area contributed by atoms with Gasteiger partial charge in [0.1, 0.15) is 0 Å². The first-order chi connectivity index (χ1) is 5.11. The van der Waals surface area contributed by atoms with Crippen LogP contribution in [0.4, 0.5) is 0 Å². The van der Waals surface area contributed by atoms with E-state index < -0.39 is 5.97 Å². The van der Waals surface area contributed by atoms with E-state index in [9.17, 15) is 9.90 Å². The number of hydrogen-bond acceptors (Lipinski definition) is 2. The van der Waals surface area contributed by atoms with Gasteiger partial charge in [-0.15, -0.1) is 0 Å². The van der Waals surface area contributed by atoms with Crippen LogP contribution in [0.25, 0.3) is 0 Å². The van der Waals surface area contributed by atoms with E-state index in [1.807, 2.05) is 22.6 Å². The molecule has 0 atom stereocenters. The van der Waals surface area contributed by atoms with E-state index in [1.54, 1.807) is 12.1 Å². The first-order valence-electron chi connectivity index (χ1n) is 2.77. The summed E-state index contributed by atoms with van der Waals surface area (Å²) in [5, 5.41) is 10.4. The van der Waals surface area contributed by atoms with E-state index in [-0.39, 0.29) is 5.56 Å². The van der Waals surface area contributed by atoms with Crippen molar-refractivity contribution in [2.45, 2.75) is 0 Å². The fourth-order valence-electron chi connectivity index (χ4n) is 0.654. The topological polar surface area (TPSA) is 40.1 Å². The van der Waals surface area contributed by atoms with Crippen molar-refractivity contribution in [3.8, 4) is 0 Å². The van der Waals surface area contributed by atoms with Gasteiger partial charge in [-0.2, -0.15) is 0 Å². The van der Waals surface area contributed by atoms with E-state index >= 15 is 0 Å². The van der Waals surface area contributed by atoms with Crippen LogP contribution in [-0.2, 0) is 0 Å². The molecule has 0 aromatic heterocycles. The highest BCUT2D eigenvalue weighted by molar-refractivity contribution is 14.1. The molecule has 4 heteroatoms. The minimum Gasteiger partial charge on any atom is -0.545 e. The van der Waals surface area contributed by atoms with Crippen molar-refractivity contribution in [3.63, 3.8) is 0 Å². The van der Waals surface area contributed by atoms with Crippen molar-refractivity contribution >= 4 is 44.5 Å². The Kier molecular flexibility index (Phi) is 2.89. The molecular weight excluding hydrogens is 323 g/mol. The van der Waals surface area contributed by atoms with Crippen LogP contribution in [0, 0.1) is 3.57 Å². The van der Waals surface area contributed by atoms with Crippen molar-refractivity contribution in [3.05, 3.63) is 31.8 Å². The quantitative estimate of drug-likeness (QED) is 0.733. The van der Waals surface area contributed by atoms with Crippen molar-refractivity contribution in [1.82, 2.24) is 0 Å². The summed E-state index contributed by atoms with van der Waals surface area (Å²) in [6, 6.07) is 5.03. The number of carbonyl (C=O) groups is 1. The molecule has 1 aromatic carbocycles. The summed E-state index contributed by atoms with van der Waals surface area (Å²) in [5.41, 5.74) is 0.222. The van der Waals surface area contributed by atoms with Gasteiger partial charge in [-0.3, -0.25) is 0 Å². The average Bonchev–Trinajstić information content (AvgIpc) is 1.94. The lowest BCUT2D eigenvalue weighted by Gasteiger charge is -2.04. The molecule has 0 aliphatic heterocycles. The van der Waals surface area contributed by atoms with Gasteiger partial charge in [0.25, 0.3) is 0 Å². The molecule has 0 bridgehead atoms. The molecule has 0 spiro atoms. The first-order valence-corrected chi connectivity index (χ1v) is 4.65. The molecule has 2 nitrogen and oxygen atoms in total. The maximum absolute atomic E-state index is 10.4. The number of benzene rings is 1. The number of hydrogen-bond donors (Lipinski definition) is 0. The van der Waals surface area contributed by atoms with Crippen LogP contribution < -0.4 is 5.11 Å². The SMILES string of the molecule is O=C([O-])c1cc(Br)ccc1I. The monoisotopic (exact) mass is 325 g/mol. The zero-order valence-corrected chi connectivity index (χ0v) is 9.05. The maximum Gasteiger partial charge on any atom is 0.0726 e. The van der Waals surface area contributed by atoms with Crippen LogP contribution in [0.2, 0.25) is 0 Å². The predicted octanol–water partition coefficient (Wildman–Crippen LogP) is 1.42. The van der Waals surface area contributed by atoms with Crippen molar-refractivity contribution in [2.24, 2.45) is 0 Å². The maximum atomic E-state index is 10.4. The minimum absolute atomic E-state index is 0.222. The second kappa shape index (κ2) is 3.53. The zero-order chi connectivity index (χ0) is 8.43. The molecule has 1 aromatic rings. The third kappa shape index (κ3) is 2.16. The molecule has 0 unspecified atom stereocenters. The third-order valence-corrected chi connectivity index (χ3v) is 2.58. The van der Waals surface area contributed by atoms with Gasteiger partial charge >= 0.3 is 0 Å². The molecular formula is C7H3BrIO2-. The predicted molar refractivity (Wildman–Crippen MR) is 51.2 cm³/mol. The molecule has 0 fully saturated rings. The molecule has 1 rings (SSSR count). The number of carboxylic acid groups (broad SMARTS) is 1. The number of carbonyl (C=O) groups excluding carboxylic acids is 1. The Labute approximate surface area is 85.9 Å². The van der Waals surface area contributed by atoms with Crippen molar-refractivity contribution < 1.29 is 9.90 Å². The number of halogens is 2. The van der Waals surface area contributed by atoms with Gasteiger partial charge in [-0.05, 0) is 40.8 Å². The van der Waals surface area contributed by atoms with Gasteiger partial charge in [0.05, 0.1) is 5.97 Å². The molecule has 0 saturated heterocycles. The van der Waals surface area contributed by atoms with Gasteiger partial charge in [-0.1, -0.05) is 15.9 Å². The normalized spacial score (nSPS) is 9.64. The van der Waals surface area contributed by atoms with E-state index in [0.717, 1.165) is 4.47 Å². The molecule has 0 N–H and O–H groups in total. The Morgan fingerprint density at radius 1 is 1.55 bits per heavy atom.